The Morgan fingerprint density at radius 3 is 2.70 bits per heavy atom. The molecule has 6 nitrogen and oxygen atoms in total. The molecule has 2 aromatic rings. The molecule has 0 bridgehead atoms. The molecule has 2 heterocycles. The van der Waals surface area contributed by atoms with Gasteiger partial charge in [0.15, 0.2) is 17.5 Å². The van der Waals surface area contributed by atoms with Crippen LogP contribution in [0.1, 0.15) is 18.2 Å². The molecule has 23 heavy (non-hydrogen) atoms. The molecule has 0 aromatic carbocycles. The molecule has 5 N–H and O–H groups in total. The van der Waals surface area contributed by atoms with Crippen molar-refractivity contribution in [1.29, 1.82) is 5.41 Å². The number of anilines is 2. The van der Waals surface area contributed by atoms with Crippen molar-refractivity contribution in [1.82, 2.24) is 9.97 Å². The fourth-order valence-electron chi connectivity index (χ4n) is 2.18. The second-order valence-corrected chi connectivity index (χ2v) is 4.80. The molecule has 0 amide bonds. The van der Waals surface area contributed by atoms with Gasteiger partial charge < -0.3 is 16.4 Å². The van der Waals surface area contributed by atoms with Crippen molar-refractivity contribution >= 4 is 17.3 Å². The Morgan fingerprint density at radius 2 is 2.09 bits per heavy atom. The van der Waals surface area contributed by atoms with Crippen LogP contribution in [-0.2, 0) is 0 Å². The summed E-state index contributed by atoms with van der Waals surface area (Å²) in [6.45, 7) is 2.93. The van der Waals surface area contributed by atoms with E-state index in [1.54, 1.807) is 11.0 Å². The van der Waals surface area contributed by atoms with Crippen LogP contribution in [0.2, 0.25) is 0 Å². The monoisotopic (exact) mass is 320 g/mol. The fourth-order valence-corrected chi connectivity index (χ4v) is 2.18. The van der Waals surface area contributed by atoms with E-state index < -0.39 is 11.6 Å². The summed E-state index contributed by atoms with van der Waals surface area (Å²) in [7, 11) is 0. The SMILES string of the molecule is CCN(CCN)c1nc(C(=N)c2cccnc2N)c(F)cc1F. The highest BCUT2D eigenvalue weighted by Gasteiger charge is 2.21. The predicted octanol–water partition coefficient (Wildman–Crippen LogP) is 1.54. The molecule has 0 aliphatic carbocycles. The zero-order chi connectivity index (χ0) is 17.0. The summed E-state index contributed by atoms with van der Waals surface area (Å²) in [5.74, 6) is -1.68. The summed E-state index contributed by atoms with van der Waals surface area (Å²) in [6.07, 6.45) is 1.46. The third kappa shape index (κ3) is 3.42. The van der Waals surface area contributed by atoms with Crippen LogP contribution in [0, 0.1) is 17.0 Å². The van der Waals surface area contributed by atoms with Crippen molar-refractivity contribution < 1.29 is 8.78 Å². The van der Waals surface area contributed by atoms with E-state index in [1.807, 2.05) is 6.92 Å². The Balaban J connectivity index is 2.51. The maximum atomic E-state index is 14.1. The molecule has 0 spiro atoms. The molecule has 0 aliphatic heterocycles. The molecule has 0 aliphatic rings. The number of aromatic nitrogens is 2. The second kappa shape index (κ2) is 7.10. The smallest absolute Gasteiger partial charge is 0.168 e. The molecule has 8 heteroatoms. The summed E-state index contributed by atoms with van der Waals surface area (Å²) in [5.41, 5.74) is 10.9. The van der Waals surface area contributed by atoms with E-state index in [-0.39, 0.29) is 28.6 Å². The van der Waals surface area contributed by atoms with Crippen LogP contribution in [0.5, 0.6) is 0 Å². The number of nitrogen functional groups attached to an aromatic ring is 1. The van der Waals surface area contributed by atoms with Crippen molar-refractivity contribution in [3.05, 3.63) is 47.3 Å². The van der Waals surface area contributed by atoms with E-state index in [1.165, 1.54) is 12.3 Å². The zero-order valence-corrected chi connectivity index (χ0v) is 12.7. The number of rotatable bonds is 6. The largest absolute Gasteiger partial charge is 0.383 e. The summed E-state index contributed by atoms with van der Waals surface area (Å²) in [5, 5.41) is 8.13. The minimum Gasteiger partial charge on any atom is -0.383 e. The lowest BCUT2D eigenvalue weighted by atomic mass is 10.1. The molecule has 2 aromatic heterocycles. The molecular weight excluding hydrogens is 302 g/mol. The third-order valence-corrected chi connectivity index (χ3v) is 3.34. The summed E-state index contributed by atoms with van der Waals surface area (Å²) in [6, 6.07) is 3.83. The van der Waals surface area contributed by atoms with Crippen LogP contribution in [0.3, 0.4) is 0 Å². The number of halogens is 2. The molecule has 0 unspecified atom stereocenters. The highest BCUT2D eigenvalue weighted by atomic mass is 19.1. The summed E-state index contributed by atoms with van der Waals surface area (Å²) < 4.78 is 28.1. The van der Waals surface area contributed by atoms with Crippen molar-refractivity contribution in [3.63, 3.8) is 0 Å². The van der Waals surface area contributed by atoms with Gasteiger partial charge in [-0.25, -0.2) is 18.7 Å². The minimum atomic E-state index is -0.927. The lowest BCUT2D eigenvalue weighted by Gasteiger charge is -2.22. The van der Waals surface area contributed by atoms with Crippen LogP contribution in [-0.4, -0.2) is 35.3 Å². The highest BCUT2D eigenvalue weighted by molar-refractivity contribution is 6.12. The first kappa shape index (κ1) is 16.8. The number of hydrogen-bond acceptors (Lipinski definition) is 6. The lowest BCUT2D eigenvalue weighted by molar-refractivity contribution is 0.565. The standard InChI is InChI=1S/C15H18F2N6/c1-2-23(7-5-18)15-11(17)8-10(16)13(22-15)12(19)9-4-3-6-21-14(9)20/h3-4,6,8,19H,2,5,7,18H2,1H3,(H2,20,21). The van der Waals surface area contributed by atoms with Gasteiger partial charge in [-0.2, -0.15) is 0 Å². The molecule has 0 saturated heterocycles. The quantitative estimate of drug-likeness (QED) is 0.700. The van der Waals surface area contributed by atoms with Crippen LogP contribution >= 0.6 is 0 Å². The number of nitrogens with zero attached hydrogens (tertiary/aromatic N) is 3. The second-order valence-electron chi connectivity index (χ2n) is 4.80. The molecule has 0 atom stereocenters. The normalized spacial score (nSPS) is 10.6. The van der Waals surface area contributed by atoms with E-state index in [0.717, 1.165) is 6.07 Å². The number of hydrogen-bond donors (Lipinski definition) is 3. The number of likely N-dealkylation sites (N-methyl/N-ethyl adjacent to an activating group) is 1. The van der Waals surface area contributed by atoms with E-state index in [2.05, 4.69) is 9.97 Å². The molecule has 122 valence electrons. The first-order valence-corrected chi connectivity index (χ1v) is 7.10. The Labute approximate surface area is 132 Å². The Morgan fingerprint density at radius 1 is 1.35 bits per heavy atom. The average molecular weight is 320 g/mol. The van der Waals surface area contributed by atoms with Crippen molar-refractivity contribution in [2.24, 2.45) is 5.73 Å². The van der Waals surface area contributed by atoms with Gasteiger partial charge in [0.25, 0.3) is 0 Å². The average Bonchev–Trinajstić information content (AvgIpc) is 2.53. The van der Waals surface area contributed by atoms with Gasteiger partial charge in [0.1, 0.15) is 11.5 Å². The Bertz CT molecular complexity index is 719. The zero-order valence-electron chi connectivity index (χ0n) is 12.7. The number of nitrogens with one attached hydrogen (secondary N) is 1. The maximum absolute atomic E-state index is 14.1. The maximum Gasteiger partial charge on any atom is 0.168 e. The van der Waals surface area contributed by atoms with Gasteiger partial charge in [-0.3, -0.25) is 5.41 Å². The van der Waals surface area contributed by atoms with Crippen molar-refractivity contribution in [3.8, 4) is 0 Å². The first-order valence-electron chi connectivity index (χ1n) is 7.10. The summed E-state index contributed by atoms with van der Waals surface area (Å²) >= 11 is 0. The minimum absolute atomic E-state index is 0.0402. The van der Waals surface area contributed by atoms with Gasteiger partial charge in [-0.05, 0) is 19.1 Å². The third-order valence-electron chi connectivity index (χ3n) is 3.34. The highest BCUT2D eigenvalue weighted by Crippen LogP contribution is 2.22. The Hall–Kier alpha value is -2.61. The molecule has 0 fully saturated rings. The lowest BCUT2D eigenvalue weighted by Crippen LogP contribution is -2.31. The molecule has 0 saturated carbocycles. The van der Waals surface area contributed by atoms with Gasteiger partial charge >= 0.3 is 0 Å². The topological polar surface area (TPSA) is 105 Å². The van der Waals surface area contributed by atoms with Crippen LogP contribution in [0.4, 0.5) is 20.4 Å². The van der Waals surface area contributed by atoms with E-state index in [0.29, 0.717) is 19.6 Å². The van der Waals surface area contributed by atoms with Crippen LogP contribution < -0.4 is 16.4 Å². The molecular formula is C15H18F2N6. The van der Waals surface area contributed by atoms with Gasteiger partial charge in [0.2, 0.25) is 0 Å². The van der Waals surface area contributed by atoms with Crippen molar-refractivity contribution in [2.75, 3.05) is 30.3 Å². The van der Waals surface area contributed by atoms with E-state index >= 15 is 0 Å². The number of nitrogens with two attached hydrogens (primary N) is 2. The predicted molar refractivity (Wildman–Crippen MR) is 85.7 cm³/mol. The number of pyridine rings is 2. The summed E-state index contributed by atoms with van der Waals surface area (Å²) in [4.78, 5) is 9.43. The van der Waals surface area contributed by atoms with Gasteiger partial charge in [0, 0.05) is 37.5 Å². The van der Waals surface area contributed by atoms with Crippen LogP contribution in [0.25, 0.3) is 0 Å². The van der Waals surface area contributed by atoms with E-state index in [9.17, 15) is 8.78 Å². The van der Waals surface area contributed by atoms with Gasteiger partial charge in [0.05, 0.1) is 5.71 Å². The van der Waals surface area contributed by atoms with Crippen LogP contribution in [0.15, 0.2) is 24.4 Å². The first-order chi connectivity index (χ1) is 11.0. The Kier molecular flexibility index (Phi) is 5.17. The fraction of sp³-hybridized carbons (Fsp3) is 0.267. The van der Waals surface area contributed by atoms with E-state index in [4.69, 9.17) is 16.9 Å². The van der Waals surface area contributed by atoms with Gasteiger partial charge in [-0.1, -0.05) is 0 Å². The molecule has 0 radical (unpaired) electrons. The van der Waals surface area contributed by atoms with Crippen molar-refractivity contribution in [2.45, 2.75) is 6.92 Å². The van der Waals surface area contributed by atoms with Gasteiger partial charge in [-0.15, -0.1) is 0 Å². The molecule has 2 rings (SSSR count).